The summed E-state index contributed by atoms with van der Waals surface area (Å²) in [4.78, 5) is 12.8. The highest BCUT2D eigenvalue weighted by molar-refractivity contribution is 7.89. The van der Waals surface area contributed by atoms with Crippen LogP contribution in [0.15, 0.2) is 47.4 Å². The minimum absolute atomic E-state index is 0.103. The molecule has 1 saturated heterocycles. The minimum atomic E-state index is -3.50. The van der Waals surface area contributed by atoms with Crippen LogP contribution >= 0.6 is 0 Å². The lowest BCUT2D eigenvalue weighted by Gasteiger charge is -2.32. The molecule has 6 heteroatoms. The largest absolute Gasteiger partial charge is 0.352 e. The van der Waals surface area contributed by atoms with Crippen molar-refractivity contribution in [3.8, 4) is 0 Å². The van der Waals surface area contributed by atoms with Crippen LogP contribution in [0.25, 0.3) is 0 Å². The van der Waals surface area contributed by atoms with Crippen LogP contribution < -0.4 is 5.32 Å². The van der Waals surface area contributed by atoms with Crippen LogP contribution in [0.3, 0.4) is 0 Å². The van der Waals surface area contributed by atoms with Crippen LogP contribution in [0.5, 0.6) is 0 Å². The Labute approximate surface area is 179 Å². The Morgan fingerprint density at radius 2 is 1.87 bits per heavy atom. The lowest BCUT2D eigenvalue weighted by atomic mass is 9.92. The molecular formula is C24H30N2O3S. The highest BCUT2D eigenvalue weighted by atomic mass is 32.2. The van der Waals surface area contributed by atoms with Gasteiger partial charge in [-0.1, -0.05) is 23.8 Å². The first-order valence-electron chi connectivity index (χ1n) is 10.9. The maximum atomic E-state index is 13.3. The van der Waals surface area contributed by atoms with E-state index < -0.39 is 10.0 Å². The van der Waals surface area contributed by atoms with Gasteiger partial charge in [-0.05, 0) is 86.8 Å². The third-order valence-corrected chi connectivity index (χ3v) is 8.13. The van der Waals surface area contributed by atoms with Gasteiger partial charge in [0.2, 0.25) is 10.0 Å². The molecule has 160 valence electrons. The van der Waals surface area contributed by atoms with Crippen molar-refractivity contribution in [2.75, 3.05) is 19.6 Å². The van der Waals surface area contributed by atoms with Crippen molar-refractivity contribution in [1.82, 2.24) is 9.62 Å². The summed E-state index contributed by atoms with van der Waals surface area (Å²) < 4.78 is 28.1. The Bertz CT molecular complexity index is 1030. The molecule has 1 amide bonds. The van der Waals surface area contributed by atoms with Gasteiger partial charge in [-0.15, -0.1) is 0 Å². The normalized spacial score (nSPS) is 19.8. The first-order valence-corrected chi connectivity index (χ1v) is 12.3. The predicted octanol–water partition coefficient (Wildman–Crippen LogP) is 3.70. The summed E-state index contributed by atoms with van der Waals surface area (Å²) in [5, 5.41) is 2.99. The van der Waals surface area contributed by atoms with Gasteiger partial charge in [0.15, 0.2) is 0 Å². The van der Waals surface area contributed by atoms with Crippen molar-refractivity contribution in [3.63, 3.8) is 0 Å². The molecule has 1 atom stereocenters. The van der Waals surface area contributed by atoms with E-state index in [9.17, 15) is 13.2 Å². The van der Waals surface area contributed by atoms with Gasteiger partial charge in [0.05, 0.1) is 4.90 Å². The highest BCUT2D eigenvalue weighted by Crippen LogP contribution is 2.28. The molecule has 0 aromatic heterocycles. The average molecular weight is 427 g/mol. The number of carbonyl (C=O) groups excluding carboxylic acids is 1. The number of fused-ring (bicyclic) bond motifs is 1. The molecule has 1 unspecified atom stereocenters. The molecular weight excluding hydrogens is 396 g/mol. The Morgan fingerprint density at radius 1 is 1.07 bits per heavy atom. The zero-order chi connectivity index (χ0) is 21.1. The van der Waals surface area contributed by atoms with E-state index in [1.165, 1.54) is 17.5 Å². The second-order valence-corrected chi connectivity index (χ2v) is 10.5. The monoisotopic (exact) mass is 426 g/mol. The molecule has 1 N–H and O–H groups in total. The third-order valence-electron chi connectivity index (χ3n) is 6.27. The predicted molar refractivity (Wildman–Crippen MR) is 118 cm³/mol. The topological polar surface area (TPSA) is 66.5 Å². The standard InChI is InChI=1S/C24H30N2O3S/c1-18-6-4-10-22(14-18)24(27)25-16-19-7-5-13-26(17-19)30(28,29)23-12-11-20-8-2-3-9-21(20)15-23/h4,6,10-12,14-15,19H,2-3,5,7-9,13,16-17H2,1H3,(H,25,27). The number of amides is 1. The van der Waals surface area contributed by atoms with E-state index >= 15 is 0 Å². The zero-order valence-corrected chi connectivity index (χ0v) is 18.4. The van der Waals surface area contributed by atoms with Crippen LogP contribution in [0, 0.1) is 12.8 Å². The SMILES string of the molecule is Cc1cccc(C(=O)NCC2CCCN(S(=O)(=O)c3ccc4c(c3)CCCC4)C2)c1. The molecule has 30 heavy (non-hydrogen) atoms. The summed E-state index contributed by atoms with van der Waals surface area (Å²) in [5.41, 5.74) is 4.16. The summed E-state index contributed by atoms with van der Waals surface area (Å²) in [7, 11) is -3.50. The molecule has 1 fully saturated rings. The van der Waals surface area contributed by atoms with Gasteiger partial charge >= 0.3 is 0 Å². The van der Waals surface area contributed by atoms with E-state index in [2.05, 4.69) is 5.32 Å². The van der Waals surface area contributed by atoms with Crippen LogP contribution in [0.1, 0.15) is 52.7 Å². The number of nitrogens with zero attached hydrogens (tertiary/aromatic N) is 1. The van der Waals surface area contributed by atoms with E-state index in [0.29, 0.717) is 30.1 Å². The molecule has 5 nitrogen and oxygen atoms in total. The molecule has 2 aliphatic rings. The van der Waals surface area contributed by atoms with Crippen molar-refractivity contribution in [2.45, 2.75) is 50.3 Å². The van der Waals surface area contributed by atoms with Gasteiger partial charge < -0.3 is 5.32 Å². The number of benzene rings is 2. The van der Waals surface area contributed by atoms with Gasteiger partial charge in [0.25, 0.3) is 5.91 Å². The number of aryl methyl sites for hydroxylation is 3. The molecule has 2 aromatic carbocycles. The summed E-state index contributed by atoms with van der Waals surface area (Å²) in [6.45, 7) is 3.44. The lowest BCUT2D eigenvalue weighted by molar-refractivity contribution is 0.0941. The van der Waals surface area contributed by atoms with Crippen LogP contribution in [-0.2, 0) is 22.9 Å². The second-order valence-electron chi connectivity index (χ2n) is 8.59. The fourth-order valence-electron chi connectivity index (χ4n) is 4.56. The van der Waals surface area contributed by atoms with Crippen molar-refractivity contribution in [2.24, 2.45) is 5.92 Å². The molecule has 1 aliphatic carbocycles. The number of rotatable bonds is 5. The van der Waals surface area contributed by atoms with E-state index in [1.54, 1.807) is 16.4 Å². The maximum absolute atomic E-state index is 13.3. The highest BCUT2D eigenvalue weighted by Gasteiger charge is 2.31. The maximum Gasteiger partial charge on any atom is 0.251 e. The molecule has 0 saturated carbocycles. The molecule has 4 rings (SSSR count). The van der Waals surface area contributed by atoms with Crippen molar-refractivity contribution in [1.29, 1.82) is 0 Å². The fourth-order valence-corrected chi connectivity index (χ4v) is 6.16. The Morgan fingerprint density at radius 3 is 2.67 bits per heavy atom. The van der Waals surface area contributed by atoms with E-state index in [4.69, 9.17) is 0 Å². The lowest BCUT2D eigenvalue weighted by Crippen LogP contribution is -2.43. The number of sulfonamides is 1. The van der Waals surface area contributed by atoms with Crippen molar-refractivity contribution < 1.29 is 13.2 Å². The van der Waals surface area contributed by atoms with E-state index in [-0.39, 0.29) is 11.8 Å². The molecule has 0 spiro atoms. The smallest absolute Gasteiger partial charge is 0.251 e. The van der Waals surface area contributed by atoms with E-state index in [1.807, 2.05) is 37.3 Å². The van der Waals surface area contributed by atoms with Crippen LogP contribution in [-0.4, -0.2) is 38.3 Å². The fraction of sp³-hybridized carbons (Fsp3) is 0.458. The van der Waals surface area contributed by atoms with Gasteiger partial charge in [-0.25, -0.2) is 8.42 Å². The number of hydrogen-bond donors (Lipinski definition) is 1. The Hall–Kier alpha value is -2.18. The number of carbonyl (C=O) groups is 1. The third kappa shape index (κ3) is 4.60. The number of hydrogen-bond acceptors (Lipinski definition) is 3. The Kier molecular flexibility index (Phi) is 6.25. The van der Waals surface area contributed by atoms with Gasteiger partial charge in [-0.3, -0.25) is 4.79 Å². The summed E-state index contributed by atoms with van der Waals surface area (Å²) in [6, 6.07) is 13.1. The second kappa shape index (κ2) is 8.90. The van der Waals surface area contributed by atoms with Crippen LogP contribution in [0.2, 0.25) is 0 Å². The molecule has 2 aromatic rings. The summed E-state index contributed by atoms with van der Waals surface area (Å²) in [6.07, 6.45) is 6.05. The zero-order valence-electron chi connectivity index (χ0n) is 17.6. The van der Waals surface area contributed by atoms with Gasteiger partial charge in [-0.2, -0.15) is 4.31 Å². The average Bonchev–Trinajstić information content (AvgIpc) is 2.77. The number of nitrogens with one attached hydrogen (secondary N) is 1. The quantitative estimate of drug-likeness (QED) is 0.793. The first-order chi connectivity index (χ1) is 14.4. The summed E-state index contributed by atoms with van der Waals surface area (Å²) in [5.74, 6) is 0.0216. The minimum Gasteiger partial charge on any atom is -0.352 e. The van der Waals surface area contributed by atoms with Crippen molar-refractivity contribution in [3.05, 3.63) is 64.7 Å². The van der Waals surface area contributed by atoms with E-state index in [0.717, 1.165) is 37.7 Å². The summed E-state index contributed by atoms with van der Waals surface area (Å²) >= 11 is 0. The Balaban J connectivity index is 1.41. The number of piperidine rings is 1. The molecule has 1 heterocycles. The molecule has 0 radical (unpaired) electrons. The first kappa shape index (κ1) is 21.1. The molecule has 0 bridgehead atoms. The molecule has 1 aliphatic heterocycles. The van der Waals surface area contributed by atoms with Crippen LogP contribution in [0.4, 0.5) is 0 Å². The van der Waals surface area contributed by atoms with Gasteiger partial charge in [0.1, 0.15) is 0 Å². The van der Waals surface area contributed by atoms with Gasteiger partial charge in [0, 0.05) is 25.2 Å². The van der Waals surface area contributed by atoms with Crippen molar-refractivity contribution >= 4 is 15.9 Å².